The lowest BCUT2D eigenvalue weighted by molar-refractivity contribution is -0.121. The Labute approximate surface area is 245 Å². The Morgan fingerprint density at radius 3 is 1.71 bits per heavy atom. The van der Waals surface area contributed by atoms with Crippen molar-refractivity contribution >= 4 is 36.2 Å². The van der Waals surface area contributed by atoms with Gasteiger partial charge in [-0.1, -0.05) is 55.0 Å². The van der Waals surface area contributed by atoms with Gasteiger partial charge in [-0.3, -0.25) is 14.4 Å². The number of carboxylic acid groups (broad SMARTS) is 1. The zero-order valence-electron chi connectivity index (χ0n) is 23.2. The average molecular weight is 573 g/mol. The van der Waals surface area contributed by atoms with Gasteiger partial charge < -0.3 is 25.6 Å². The lowest BCUT2D eigenvalue weighted by Gasteiger charge is -2.09. The molecule has 9 heteroatoms. The van der Waals surface area contributed by atoms with E-state index < -0.39 is 5.97 Å². The summed E-state index contributed by atoms with van der Waals surface area (Å²) in [6.45, 7) is 8.23. The number of hydrogen-bond acceptors (Lipinski definition) is 7. The van der Waals surface area contributed by atoms with E-state index in [0.717, 1.165) is 22.3 Å². The van der Waals surface area contributed by atoms with Crippen molar-refractivity contribution in [2.45, 2.75) is 35.1 Å². The second-order valence-corrected chi connectivity index (χ2v) is 8.93. The molecule has 220 valence electrons. The molecule has 0 aliphatic heterocycles. The van der Waals surface area contributed by atoms with Gasteiger partial charge >= 0.3 is 5.97 Å². The van der Waals surface area contributed by atoms with E-state index in [1.54, 1.807) is 60.7 Å². The maximum absolute atomic E-state index is 12.1. The molecule has 9 nitrogen and oxygen atoms in total. The van der Waals surface area contributed by atoms with Crippen molar-refractivity contribution < 1.29 is 33.8 Å². The minimum atomic E-state index is -0.872. The molecule has 0 fully saturated rings. The first-order valence-corrected chi connectivity index (χ1v) is 12.4. The van der Waals surface area contributed by atoms with Gasteiger partial charge in [-0.15, -0.1) is 0 Å². The van der Waals surface area contributed by atoms with Crippen LogP contribution in [0.4, 0.5) is 11.4 Å². The van der Waals surface area contributed by atoms with Gasteiger partial charge in [0.2, 0.25) is 0 Å². The maximum atomic E-state index is 12.1. The maximum Gasteiger partial charge on any atom is 0.335 e. The molecular weight excluding hydrogens is 536 g/mol. The fraction of sp³-hybridized carbons (Fsp3) is 0.152. The number of hydrogen-bond donors (Lipinski definition) is 3. The molecule has 0 unspecified atom stereocenters. The highest BCUT2D eigenvalue weighted by atomic mass is 16.5. The Kier molecular flexibility index (Phi) is 14.2. The SMILES string of the molecule is C.Cc1ccc(N)cc1OC=O.Cc1cccc(C(=O)Nc2ccc(C)c(OC=O)c2)c1.Cc1cccc(C(=O)O)c1. The van der Waals surface area contributed by atoms with Crippen molar-refractivity contribution in [2.75, 3.05) is 11.1 Å². The number of aromatic carboxylic acids is 1. The summed E-state index contributed by atoms with van der Waals surface area (Å²) >= 11 is 0. The molecule has 0 aromatic heterocycles. The molecule has 0 aliphatic carbocycles. The third-order valence-electron chi connectivity index (χ3n) is 5.55. The smallest absolute Gasteiger partial charge is 0.335 e. The summed E-state index contributed by atoms with van der Waals surface area (Å²) in [5.74, 6) is -0.125. The first-order valence-electron chi connectivity index (χ1n) is 12.4. The minimum Gasteiger partial charge on any atom is -0.478 e. The minimum absolute atomic E-state index is 0. The van der Waals surface area contributed by atoms with Crippen LogP contribution in [0.15, 0.2) is 84.9 Å². The monoisotopic (exact) mass is 572 g/mol. The molecule has 0 bridgehead atoms. The number of carbonyl (C=O) groups is 4. The van der Waals surface area contributed by atoms with Gasteiger partial charge in [0.25, 0.3) is 18.9 Å². The highest BCUT2D eigenvalue weighted by molar-refractivity contribution is 6.04. The summed E-state index contributed by atoms with van der Waals surface area (Å²) in [5.41, 5.74) is 11.3. The summed E-state index contributed by atoms with van der Waals surface area (Å²) < 4.78 is 9.51. The number of nitrogens with two attached hydrogens (primary N) is 1. The number of nitrogen functional groups attached to an aromatic ring is 1. The van der Waals surface area contributed by atoms with Gasteiger partial charge in [-0.05, 0) is 75.2 Å². The molecule has 0 saturated heterocycles. The Bertz CT molecular complexity index is 1520. The van der Waals surface area contributed by atoms with Crippen LogP contribution in [0.3, 0.4) is 0 Å². The quantitative estimate of drug-likeness (QED) is 0.167. The van der Waals surface area contributed by atoms with E-state index in [1.807, 2.05) is 52.0 Å². The van der Waals surface area contributed by atoms with Crippen molar-refractivity contribution in [3.05, 3.63) is 118 Å². The number of amides is 1. The third-order valence-corrected chi connectivity index (χ3v) is 5.55. The number of rotatable bonds is 7. The molecule has 4 aromatic carbocycles. The van der Waals surface area contributed by atoms with Gasteiger partial charge in [0.1, 0.15) is 11.5 Å². The van der Waals surface area contributed by atoms with Gasteiger partial charge in [0.15, 0.2) is 0 Å². The topological polar surface area (TPSA) is 145 Å². The lowest BCUT2D eigenvalue weighted by Crippen LogP contribution is -2.12. The zero-order chi connectivity index (χ0) is 30.4. The highest BCUT2D eigenvalue weighted by Crippen LogP contribution is 2.23. The van der Waals surface area contributed by atoms with Crippen LogP contribution < -0.4 is 20.5 Å². The van der Waals surface area contributed by atoms with Crippen LogP contribution in [0.1, 0.15) is 50.4 Å². The summed E-state index contributed by atoms with van der Waals surface area (Å²) in [4.78, 5) is 42.8. The van der Waals surface area contributed by atoms with Gasteiger partial charge in [0.05, 0.1) is 5.56 Å². The number of carboxylic acids is 1. The van der Waals surface area contributed by atoms with Crippen LogP contribution in [0.5, 0.6) is 11.5 Å². The molecule has 4 rings (SSSR count). The number of anilines is 2. The molecule has 42 heavy (non-hydrogen) atoms. The van der Waals surface area contributed by atoms with Crippen LogP contribution in [-0.2, 0) is 9.59 Å². The number of aryl methyl sites for hydroxylation is 4. The van der Waals surface area contributed by atoms with E-state index >= 15 is 0 Å². The van der Waals surface area contributed by atoms with E-state index in [9.17, 15) is 19.2 Å². The summed E-state index contributed by atoms with van der Waals surface area (Å²) in [6.07, 6.45) is 0. The summed E-state index contributed by atoms with van der Waals surface area (Å²) in [7, 11) is 0. The largest absolute Gasteiger partial charge is 0.478 e. The molecule has 4 N–H and O–H groups in total. The molecule has 0 spiro atoms. The molecule has 0 atom stereocenters. The Hall–Kier alpha value is -5.44. The first kappa shape index (κ1) is 34.6. The van der Waals surface area contributed by atoms with Crippen molar-refractivity contribution in [2.24, 2.45) is 0 Å². The van der Waals surface area contributed by atoms with Crippen LogP contribution >= 0.6 is 0 Å². The average Bonchev–Trinajstić information content (AvgIpc) is 2.93. The second-order valence-electron chi connectivity index (χ2n) is 8.93. The van der Waals surface area contributed by atoms with E-state index in [1.165, 1.54) is 0 Å². The van der Waals surface area contributed by atoms with Crippen molar-refractivity contribution in [3.63, 3.8) is 0 Å². The van der Waals surface area contributed by atoms with Crippen LogP contribution in [0.2, 0.25) is 0 Å². The molecular formula is C33H36N2O7. The number of ether oxygens (including phenoxy) is 2. The standard InChI is InChI=1S/C16H15NO3.C8H9NO2.C8H8O2.CH4/c1-11-4-3-5-13(8-11)16(19)17-14-7-6-12(2)15(9-14)20-10-18;1-6-2-3-7(9)4-8(6)11-5-10;1-6-3-2-4-7(5-6)8(9)10;/h3-10H,1-2H3,(H,17,19);2-5H,9H2,1H3;2-5H,1H3,(H,9,10);1H4. The zero-order valence-corrected chi connectivity index (χ0v) is 23.2. The number of carbonyl (C=O) groups excluding carboxylic acids is 3. The highest BCUT2D eigenvalue weighted by Gasteiger charge is 2.08. The number of benzene rings is 4. The summed E-state index contributed by atoms with van der Waals surface area (Å²) in [5, 5.41) is 11.3. The Morgan fingerprint density at radius 1 is 0.714 bits per heavy atom. The van der Waals surface area contributed by atoms with Crippen molar-refractivity contribution in [1.82, 2.24) is 0 Å². The molecule has 0 heterocycles. The first-order chi connectivity index (χ1) is 19.5. The fourth-order valence-corrected chi connectivity index (χ4v) is 3.42. The number of nitrogens with one attached hydrogen (secondary N) is 1. The van der Waals surface area contributed by atoms with Gasteiger partial charge in [0, 0.05) is 29.1 Å². The van der Waals surface area contributed by atoms with Crippen LogP contribution in [0.25, 0.3) is 0 Å². The summed E-state index contributed by atoms with van der Waals surface area (Å²) in [6, 6.07) is 24.5. The lowest BCUT2D eigenvalue weighted by atomic mass is 10.1. The van der Waals surface area contributed by atoms with Crippen molar-refractivity contribution in [3.8, 4) is 11.5 Å². The Morgan fingerprint density at radius 2 is 1.21 bits per heavy atom. The predicted octanol–water partition coefficient (Wildman–Crippen LogP) is 6.53. The predicted molar refractivity (Wildman–Crippen MR) is 164 cm³/mol. The van der Waals surface area contributed by atoms with Crippen LogP contribution in [0, 0.1) is 27.7 Å². The van der Waals surface area contributed by atoms with Gasteiger partial charge in [-0.25, -0.2) is 4.79 Å². The van der Waals surface area contributed by atoms with Gasteiger partial charge in [-0.2, -0.15) is 0 Å². The molecule has 0 saturated carbocycles. The van der Waals surface area contributed by atoms with E-state index in [0.29, 0.717) is 46.9 Å². The molecule has 0 radical (unpaired) electrons. The Balaban J connectivity index is 0.000000341. The molecule has 4 aromatic rings. The molecule has 1 amide bonds. The molecule has 0 aliphatic rings. The van der Waals surface area contributed by atoms with Crippen LogP contribution in [-0.4, -0.2) is 29.9 Å². The van der Waals surface area contributed by atoms with E-state index in [-0.39, 0.29) is 13.3 Å². The van der Waals surface area contributed by atoms with E-state index in [4.69, 9.17) is 15.6 Å². The van der Waals surface area contributed by atoms with E-state index in [2.05, 4.69) is 10.1 Å². The van der Waals surface area contributed by atoms with Crippen molar-refractivity contribution in [1.29, 1.82) is 0 Å². The third kappa shape index (κ3) is 11.4. The second kappa shape index (κ2) is 17.3. The normalized spacial score (nSPS) is 9.33. The fourth-order valence-electron chi connectivity index (χ4n) is 3.42.